The normalized spacial score (nSPS) is 15.0. The molecule has 0 saturated carbocycles. The first kappa shape index (κ1) is 18.6. The molecule has 152 valence electrons. The minimum absolute atomic E-state index is 0.00631. The fourth-order valence-corrected chi connectivity index (χ4v) is 4.02. The largest absolute Gasteiger partial charge is 0.508 e. The lowest BCUT2D eigenvalue weighted by molar-refractivity contribution is -0.130. The number of hydrogen-bond donors (Lipinski definition) is 3. The molecule has 2 heterocycles. The highest BCUT2D eigenvalue weighted by Crippen LogP contribution is 2.42. The number of rotatable bonds is 2. The van der Waals surface area contributed by atoms with E-state index in [9.17, 15) is 19.8 Å². The average molecular weight is 412 g/mol. The summed E-state index contributed by atoms with van der Waals surface area (Å²) in [5, 5.41) is 20.0. The first-order chi connectivity index (χ1) is 14.9. The number of phenols is 1. The van der Waals surface area contributed by atoms with Crippen LogP contribution in [0.25, 0.3) is 22.6 Å². The van der Waals surface area contributed by atoms with E-state index >= 15 is 0 Å². The molecule has 4 N–H and O–H groups in total. The van der Waals surface area contributed by atoms with Crippen molar-refractivity contribution in [3.8, 4) is 5.75 Å². The Morgan fingerprint density at radius 2 is 1.90 bits per heavy atom. The van der Waals surface area contributed by atoms with E-state index < -0.39 is 11.9 Å². The van der Waals surface area contributed by atoms with E-state index in [1.54, 1.807) is 42.6 Å². The fraction of sp³-hybridized carbons (Fsp3) is 0.0417. The zero-order chi connectivity index (χ0) is 21.7. The van der Waals surface area contributed by atoms with E-state index in [2.05, 4.69) is 4.98 Å². The molecule has 0 amide bonds. The molecular weight excluding hydrogens is 396 g/mol. The number of hydrogen-bond acceptors (Lipinski definition) is 6. The summed E-state index contributed by atoms with van der Waals surface area (Å²) >= 11 is 0. The lowest BCUT2D eigenvalue weighted by Gasteiger charge is -2.20. The van der Waals surface area contributed by atoms with Gasteiger partial charge in [-0.2, -0.15) is 0 Å². The van der Waals surface area contributed by atoms with Crippen molar-refractivity contribution in [3.05, 3.63) is 99.0 Å². The van der Waals surface area contributed by atoms with Gasteiger partial charge in [0.2, 0.25) is 0 Å². The third-order valence-electron chi connectivity index (χ3n) is 5.43. The zero-order valence-electron chi connectivity index (χ0n) is 16.1. The van der Waals surface area contributed by atoms with Crippen LogP contribution < -0.4 is 11.2 Å². The van der Waals surface area contributed by atoms with E-state index in [0.717, 1.165) is 0 Å². The molecule has 1 atom stereocenters. The van der Waals surface area contributed by atoms with Crippen molar-refractivity contribution in [1.29, 1.82) is 0 Å². The number of aliphatic carboxylic acids is 1. The van der Waals surface area contributed by atoms with Gasteiger partial charge in [-0.15, -0.1) is 0 Å². The van der Waals surface area contributed by atoms with E-state index in [1.807, 2.05) is 0 Å². The Bertz CT molecular complexity index is 1450. The third kappa shape index (κ3) is 2.95. The number of anilines is 1. The number of nitrogen functional groups attached to an aromatic ring is 1. The standard InChI is InChI=1S/C24H16N2O5/c25-20-8-5-12(11-26-20)21-15-4-2-1-3-14(15)17(24(29)30)10-18-22(28)16-7-6-13(27)9-19(16)31-23(18)21/h1-11,21,27H,(H2,25,26)(H,29,30). The van der Waals surface area contributed by atoms with Gasteiger partial charge in [0.25, 0.3) is 0 Å². The van der Waals surface area contributed by atoms with Crippen molar-refractivity contribution in [1.82, 2.24) is 4.98 Å². The van der Waals surface area contributed by atoms with Gasteiger partial charge in [-0.1, -0.05) is 30.3 Å². The second kappa shape index (κ2) is 6.84. The van der Waals surface area contributed by atoms with Crippen LogP contribution in [0.4, 0.5) is 5.82 Å². The number of carbonyl (C=O) groups is 1. The number of aromatic hydroxyl groups is 1. The number of phenolic OH excluding ortho intramolecular Hbond substituents is 1. The number of nitrogens with two attached hydrogens (primary N) is 1. The van der Waals surface area contributed by atoms with Crippen LogP contribution in [0.3, 0.4) is 0 Å². The molecule has 0 fully saturated rings. The van der Waals surface area contributed by atoms with Gasteiger partial charge < -0.3 is 20.4 Å². The number of benzene rings is 2. The smallest absolute Gasteiger partial charge is 0.336 e. The van der Waals surface area contributed by atoms with Crippen molar-refractivity contribution in [3.63, 3.8) is 0 Å². The highest BCUT2D eigenvalue weighted by atomic mass is 16.4. The Labute approximate surface area is 175 Å². The van der Waals surface area contributed by atoms with Crippen LogP contribution in [0.1, 0.15) is 33.9 Å². The van der Waals surface area contributed by atoms with Crippen LogP contribution in [0.2, 0.25) is 0 Å². The SMILES string of the molecule is Nc1ccc(C2c3ccccc3C(C(=O)O)=Cc3c2oc2cc(O)ccc2c3=O)cn1. The van der Waals surface area contributed by atoms with E-state index in [0.29, 0.717) is 22.5 Å². The highest BCUT2D eigenvalue weighted by molar-refractivity contribution is 6.21. The number of fused-ring (bicyclic) bond motifs is 3. The number of carboxylic acid groups (broad SMARTS) is 1. The van der Waals surface area contributed by atoms with Gasteiger partial charge in [-0.05, 0) is 41.0 Å². The summed E-state index contributed by atoms with van der Waals surface area (Å²) in [5.74, 6) is -1.19. The molecule has 5 rings (SSSR count). The monoisotopic (exact) mass is 412 g/mol. The first-order valence-electron chi connectivity index (χ1n) is 9.49. The number of carboxylic acids is 1. The highest BCUT2D eigenvalue weighted by Gasteiger charge is 2.32. The molecule has 4 aromatic rings. The van der Waals surface area contributed by atoms with Crippen molar-refractivity contribution in [2.45, 2.75) is 5.92 Å². The summed E-state index contributed by atoms with van der Waals surface area (Å²) < 4.78 is 6.15. The molecule has 7 nitrogen and oxygen atoms in total. The van der Waals surface area contributed by atoms with E-state index in [4.69, 9.17) is 10.2 Å². The summed E-state index contributed by atoms with van der Waals surface area (Å²) in [5.41, 5.74) is 7.55. The molecular formula is C24H16N2O5. The summed E-state index contributed by atoms with van der Waals surface area (Å²) in [6.45, 7) is 0. The van der Waals surface area contributed by atoms with Gasteiger partial charge in [0, 0.05) is 12.3 Å². The molecule has 31 heavy (non-hydrogen) atoms. The predicted molar refractivity (Wildman–Crippen MR) is 116 cm³/mol. The molecule has 0 aliphatic heterocycles. The number of aromatic nitrogens is 1. The van der Waals surface area contributed by atoms with Crippen LogP contribution in [-0.4, -0.2) is 21.2 Å². The summed E-state index contributed by atoms with van der Waals surface area (Å²) in [6.07, 6.45) is 2.94. The lowest BCUT2D eigenvalue weighted by atomic mass is 9.85. The van der Waals surface area contributed by atoms with Crippen molar-refractivity contribution < 1.29 is 19.4 Å². The van der Waals surface area contributed by atoms with Gasteiger partial charge >= 0.3 is 5.97 Å². The minimum atomic E-state index is -1.15. The van der Waals surface area contributed by atoms with Crippen LogP contribution in [0.15, 0.2) is 70.0 Å². The van der Waals surface area contributed by atoms with Gasteiger partial charge in [0.15, 0.2) is 5.43 Å². The van der Waals surface area contributed by atoms with Gasteiger partial charge in [-0.3, -0.25) is 4.79 Å². The molecule has 0 bridgehead atoms. The van der Waals surface area contributed by atoms with Crippen molar-refractivity contribution in [2.24, 2.45) is 0 Å². The quantitative estimate of drug-likeness (QED) is 0.459. The van der Waals surface area contributed by atoms with Crippen molar-refractivity contribution in [2.75, 3.05) is 5.73 Å². The van der Waals surface area contributed by atoms with Crippen LogP contribution in [-0.2, 0) is 4.79 Å². The molecule has 2 aromatic heterocycles. The number of nitrogens with zero attached hydrogens (tertiary/aromatic N) is 1. The summed E-state index contributed by atoms with van der Waals surface area (Å²) in [7, 11) is 0. The molecule has 1 aliphatic rings. The van der Waals surface area contributed by atoms with E-state index in [1.165, 1.54) is 24.3 Å². The number of pyridine rings is 1. The van der Waals surface area contributed by atoms with Crippen LogP contribution in [0, 0.1) is 0 Å². The second-order valence-electron chi connectivity index (χ2n) is 7.29. The lowest BCUT2D eigenvalue weighted by Crippen LogP contribution is -2.13. The Balaban J connectivity index is 1.94. The maximum absolute atomic E-state index is 13.4. The Kier molecular flexibility index (Phi) is 4.11. The summed E-state index contributed by atoms with van der Waals surface area (Å²) in [4.78, 5) is 29.7. The molecule has 1 aliphatic carbocycles. The second-order valence-corrected chi connectivity index (χ2v) is 7.29. The fourth-order valence-electron chi connectivity index (χ4n) is 4.02. The Morgan fingerprint density at radius 3 is 2.65 bits per heavy atom. The van der Waals surface area contributed by atoms with Gasteiger partial charge in [-0.25, -0.2) is 9.78 Å². The Morgan fingerprint density at radius 1 is 1.10 bits per heavy atom. The van der Waals surface area contributed by atoms with Gasteiger partial charge in [0.05, 0.1) is 22.4 Å². The van der Waals surface area contributed by atoms with Crippen LogP contribution >= 0.6 is 0 Å². The van der Waals surface area contributed by atoms with Crippen LogP contribution in [0.5, 0.6) is 5.75 Å². The average Bonchev–Trinajstić information content (AvgIpc) is 2.89. The summed E-state index contributed by atoms with van der Waals surface area (Å²) in [6, 6.07) is 14.7. The first-order valence-corrected chi connectivity index (χ1v) is 9.49. The predicted octanol–water partition coefficient (Wildman–Crippen LogP) is 3.59. The van der Waals surface area contributed by atoms with Crippen molar-refractivity contribution >= 4 is 34.4 Å². The third-order valence-corrected chi connectivity index (χ3v) is 5.43. The molecule has 1 unspecified atom stereocenters. The maximum Gasteiger partial charge on any atom is 0.336 e. The molecule has 7 heteroatoms. The van der Waals surface area contributed by atoms with Gasteiger partial charge in [0.1, 0.15) is 22.9 Å². The maximum atomic E-state index is 13.4. The minimum Gasteiger partial charge on any atom is -0.508 e. The molecule has 0 saturated heterocycles. The Hall–Kier alpha value is -4.39. The van der Waals surface area contributed by atoms with E-state index in [-0.39, 0.29) is 39.0 Å². The molecule has 0 spiro atoms. The zero-order valence-corrected chi connectivity index (χ0v) is 16.1. The molecule has 2 aromatic carbocycles. The molecule has 0 radical (unpaired) electrons. The topological polar surface area (TPSA) is 127 Å².